The van der Waals surface area contributed by atoms with Crippen LogP contribution in [0.4, 0.5) is 0 Å². The first-order valence-corrected chi connectivity index (χ1v) is 8.90. The fourth-order valence-electron chi connectivity index (χ4n) is 4.26. The van der Waals surface area contributed by atoms with E-state index in [-0.39, 0.29) is 0 Å². The predicted molar refractivity (Wildman–Crippen MR) is 93.5 cm³/mol. The van der Waals surface area contributed by atoms with E-state index in [2.05, 4.69) is 22.1 Å². The Hall–Kier alpha value is -2.21. The molecule has 1 aliphatic carbocycles. The number of nitrogens with zero attached hydrogens (tertiary/aromatic N) is 4. The van der Waals surface area contributed by atoms with Crippen LogP contribution in [0.3, 0.4) is 0 Å². The smallest absolute Gasteiger partial charge is 0.222 e. The van der Waals surface area contributed by atoms with Crippen molar-refractivity contribution in [1.29, 1.82) is 0 Å². The van der Waals surface area contributed by atoms with Crippen molar-refractivity contribution in [1.82, 2.24) is 19.9 Å². The van der Waals surface area contributed by atoms with Gasteiger partial charge in [-0.25, -0.2) is 0 Å². The van der Waals surface area contributed by atoms with Crippen LogP contribution in [0.1, 0.15) is 25.0 Å². The van der Waals surface area contributed by atoms with E-state index in [0.29, 0.717) is 30.2 Å². The van der Waals surface area contributed by atoms with Crippen molar-refractivity contribution in [2.45, 2.75) is 31.8 Å². The van der Waals surface area contributed by atoms with Crippen molar-refractivity contribution in [3.8, 4) is 11.3 Å². The van der Waals surface area contributed by atoms with E-state index in [1.165, 1.54) is 0 Å². The third-order valence-corrected chi connectivity index (χ3v) is 5.73. The fourth-order valence-corrected chi connectivity index (χ4v) is 4.26. The molecule has 1 saturated heterocycles. The summed E-state index contributed by atoms with van der Waals surface area (Å²) in [6, 6.07) is 6.37. The largest absolute Gasteiger partial charge is 0.359 e. The number of rotatable bonds is 4. The average molecular weight is 340 g/mol. The summed E-state index contributed by atoms with van der Waals surface area (Å²) in [5.41, 5.74) is 1.79. The Kier molecular flexibility index (Phi) is 4.29. The van der Waals surface area contributed by atoms with Crippen molar-refractivity contribution < 1.29 is 9.32 Å². The second-order valence-corrected chi connectivity index (χ2v) is 7.46. The lowest BCUT2D eigenvalue weighted by atomic mass is 9.88. The van der Waals surface area contributed by atoms with Crippen molar-refractivity contribution in [3.05, 3.63) is 36.4 Å². The van der Waals surface area contributed by atoms with Crippen LogP contribution in [-0.4, -0.2) is 52.5 Å². The molecule has 3 heterocycles. The first-order valence-electron chi connectivity index (χ1n) is 8.90. The van der Waals surface area contributed by atoms with Gasteiger partial charge in [-0.05, 0) is 43.9 Å². The van der Waals surface area contributed by atoms with Crippen molar-refractivity contribution in [3.63, 3.8) is 0 Å². The topological polar surface area (TPSA) is 62.5 Å². The Bertz CT molecular complexity index is 745. The highest BCUT2D eigenvalue weighted by Crippen LogP contribution is 2.40. The molecule has 0 bridgehead atoms. The fraction of sp³-hybridized carbons (Fsp3) is 0.526. The molecule has 0 radical (unpaired) electrons. The van der Waals surface area contributed by atoms with Crippen LogP contribution in [-0.2, 0) is 11.3 Å². The molecule has 3 atom stereocenters. The van der Waals surface area contributed by atoms with Crippen molar-refractivity contribution in [2.75, 3.05) is 20.6 Å². The third-order valence-electron chi connectivity index (χ3n) is 5.73. The zero-order valence-corrected chi connectivity index (χ0v) is 14.8. The molecular formula is C19H24N4O2. The molecule has 6 nitrogen and oxygen atoms in total. The Morgan fingerprint density at radius 2 is 2.20 bits per heavy atom. The summed E-state index contributed by atoms with van der Waals surface area (Å²) < 4.78 is 5.52. The molecule has 6 heteroatoms. The van der Waals surface area contributed by atoms with Crippen LogP contribution in [0.5, 0.6) is 0 Å². The summed E-state index contributed by atoms with van der Waals surface area (Å²) in [5, 5.41) is 4.17. The van der Waals surface area contributed by atoms with E-state index in [0.717, 1.165) is 42.9 Å². The molecule has 132 valence electrons. The predicted octanol–water partition coefficient (Wildman–Crippen LogP) is 2.43. The summed E-state index contributed by atoms with van der Waals surface area (Å²) in [6.07, 6.45) is 6.51. The minimum atomic E-state index is 0.293. The number of aromatic nitrogens is 2. The second-order valence-electron chi connectivity index (χ2n) is 7.46. The van der Waals surface area contributed by atoms with Gasteiger partial charge < -0.3 is 9.42 Å². The first-order chi connectivity index (χ1) is 12.1. The van der Waals surface area contributed by atoms with Crippen molar-refractivity contribution in [2.24, 2.45) is 11.8 Å². The molecule has 25 heavy (non-hydrogen) atoms. The zero-order chi connectivity index (χ0) is 17.4. The Morgan fingerprint density at radius 3 is 3.00 bits per heavy atom. The van der Waals surface area contributed by atoms with Gasteiger partial charge in [-0.1, -0.05) is 5.16 Å². The number of amides is 1. The molecule has 4 rings (SSSR count). The maximum atomic E-state index is 11.9. The monoisotopic (exact) mass is 340 g/mol. The highest BCUT2D eigenvalue weighted by atomic mass is 16.5. The number of carbonyl (C=O) groups is 1. The second kappa shape index (κ2) is 6.59. The van der Waals surface area contributed by atoms with Crippen LogP contribution < -0.4 is 0 Å². The standard InChI is InChI=1S/C19H24N4O2/c1-22(16-6-14-8-19(24)23(2)11-15(14)7-16)12-17-9-18(21-25-17)13-4-3-5-20-10-13/h3-5,9-10,14-16H,6-8,11-12H2,1-2H3/t14-,15+,16-/m1/s1. The molecule has 2 aromatic heterocycles. The lowest BCUT2D eigenvalue weighted by Crippen LogP contribution is -2.39. The minimum Gasteiger partial charge on any atom is -0.359 e. The van der Waals surface area contributed by atoms with Gasteiger partial charge in [-0.15, -0.1) is 0 Å². The molecular weight excluding hydrogens is 316 g/mol. The van der Waals surface area contributed by atoms with Gasteiger partial charge >= 0.3 is 0 Å². The van der Waals surface area contributed by atoms with Gasteiger partial charge in [0.2, 0.25) is 5.91 Å². The van der Waals surface area contributed by atoms with Crippen LogP contribution in [0, 0.1) is 11.8 Å². The number of hydrogen-bond acceptors (Lipinski definition) is 5. The summed E-state index contributed by atoms with van der Waals surface area (Å²) in [5.74, 6) is 2.33. The summed E-state index contributed by atoms with van der Waals surface area (Å²) in [7, 11) is 4.06. The van der Waals surface area contributed by atoms with Gasteiger partial charge in [0.1, 0.15) is 5.69 Å². The summed E-state index contributed by atoms with van der Waals surface area (Å²) in [4.78, 5) is 20.3. The van der Waals surface area contributed by atoms with Gasteiger partial charge in [-0.3, -0.25) is 14.7 Å². The molecule has 0 N–H and O–H groups in total. The molecule has 1 saturated carbocycles. The van der Waals surface area contributed by atoms with Crippen LogP contribution in [0.25, 0.3) is 11.3 Å². The van der Waals surface area contributed by atoms with E-state index in [4.69, 9.17) is 4.52 Å². The number of fused-ring (bicyclic) bond motifs is 1. The van der Waals surface area contributed by atoms with Gasteiger partial charge in [0.05, 0.1) is 6.54 Å². The maximum Gasteiger partial charge on any atom is 0.222 e. The minimum absolute atomic E-state index is 0.293. The number of likely N-dealkylation sites (tertiary alicyclic amines) is 1. The normalized spacial score (nSPS) is 26.3. The molecule has 2 fully saturated rings. The number of piperidine rings is 1. The quantitative estimate of drug-likeness (QED) is 0.855. The molecule has 0 aromatic carbocycles. The van der Waals surface area contributed by atoms with Crippen molar-refractivity contribution >= 4 is 5.91 Å². The van der Waals surface area contributed by atoms with E-state index in [1.54, 1.807) is 12.4 Å². The van der Waals surface area contributed by atoms with Gasteiger partial charge in [0, 0.05) is 50.1 Å². The number of hydrogen-bond donors (Lipinski definition) is 0. The lowest BCUT2D eigenvalue weighted by molar-refractivity contribution is -0.134. The SMILES string of the molecule is CN1C[C@@H]2C[C@H](N(C)Cc3cc(-c4cccnc4)no3)C[C@@H]2CC1=O. The zero-order valence-electron chi connectivity index (χ0n) is 14.8. The molecule has 2 aromatic rings. The highest BCUT2D eigenvalue weighted by Gasteiger charge is 2.41. The molecule has 1 amide bonds. The van der Waals surface area contributed by atoms with Gasteiger partial charge in [-0.2, -0.15) is 0 Å². The Balaban J connectivity index is 1.39. The maximum absolute atomic E-state index is 11.9. The average Bonchev–Trinajstić information content (AvgIpc) is 3.23. The van der Waals surface area contributed by atoms with E-state index in [9.17, 15) is 4.79 Å². The third kappa shape index (κ3) is 3.31. The van der Waals surface area contributed by atoms with E-state index < -0.39 is 0 Å². The van der Waals surface area contributed by atoms with Crippen LogP contribution in [0.2, 0.25) is 0 Å². The molecule has 1 aliphatic heterocycles. The highest BCUT2D eigenvalue weighted by molar-refractivity contribution is 5.77. The van der Waals surface area contributed by atoms with Gasteiger partial charge in [0.15, 0.2) is 5.76 Å². The lowest BCUT2D eigenvalue weighted by Gasteiger charge is -2.31. The molecule has 2 aliphatic rings. The van der Waals surface area contributed by atoms with E-state index >= 15 is 0 Å². The van der Waals surface area contributed by atoms with E-state index in [1.807, 2.05) is 30.1 Å². The summed E-state index contributed by atoms with van der Waals surface area (Å²) >= 11 is 0. The Morgan fingerprint density at radius 1 is 1.36 bits per heavy atom. The number of carbonyl (C=O) groups excluding carboxylic acids is 1. The van der Waals surface area contributed by atoms with Gasteiger partial charge in [0.25, 0.3) is 0 Å². The van der Waals surface area contributed by atoms with Crippen LogP contribution >= 0.6 is 0 Å². The van der Waals surface area contributed by atoms with Crippen LogP contribution in [0.15, 0.2) is 35.1 Å². The molecule has 0 unspecified atom stereocenters. The Labute approximate surface area is 147 Å². The summed E-state index contributed by atoms with van der Waals surface area (Å²) in [6.45, 7) is 1.64. The number of pyridine rings is 1. The first kappa shape index (κ1) is 16.3. The molecule has 0 spiro atoms.